The maximum atomic E-state index is 11.9. The Labute approximate surface area is 133 Å². The number of fused-ring (bicyclic) bond motifs is 5. The molecule has 8 unspecified atom stereocenters. The van der Waals surface area contributed by atoms with Crippen LogP contribution in [0.15, 0.2) is 0 Å². The second kappa shape index (κ2) is 4.80. The van der Waals surface area contributed by atoms with Crippen molar-refractivity contribution in [1.82, 2.24) is 0 Å². The monoisotopic (exact) mass is 306 g/mol. The summed E-state index contributed by atoms with van der Waals surface area (Å²) in [7, 11) is 0. The van der Waals surface area contributed by atoms with Crippen molar-refractivity contribution in [3.63, 3.8) is 0 Å². The number of rotatable bonds is 0. The zero-order valence-electron chi connectivity index (χ0n) is 13.9. The van der Waals surface area contributed by atoms with Gasteiger partial charge in [-0.05, 0) is 66.6 Å². The smallest absolute Gasteiger partial charge is 0.133 e. The van der Waals surface area contributed by atoms with Gasteiger partial charge in [0.2, 0.25) is 0 Å². The largest absolute Gasteiger partial charge is 0.393 e. The molecule has 124 valence electrons. The zero-order chi connectivity index (χ0) is 15.7. The van der Waals surface area contributed by atoms with Crippen molar-refractivity contribution in [2.45, 2.75) is 77.4 Å². The van der Waals surface area contributed by atoms with Gasteiger partial charge in [-0.25, -0.2) is 0 Å². The summed E-state index contributed by atoms with van der Waals surface area (Å²) in [5.74, 6) is 2.03. The molecule has 0 radical (unpaired) electrons. The molecule has 4 aliphatic rings. The number of carbonyl (C=O) groups excluding carboxylic acids is 1. The van der Waals surface area contributed by atoms with E-state index in [1.54, 1.807) is 0 Å². The fraction of sp³-hybridized carbons (Fsp3) is 0.947. The van der Waals surface area contributed by atoms with Gasteiger partial charge in [0.1, 0.15) is 5.78 Å². The third-order valence-corrected chi connectivity index (χ3v) is 8.41. The summed E-state index contributed by atoms with van der Waals surface area (Å²) in [6.45, 7) is 4.57. The lowest BCUT2D eigenvalue weighted by molar-refractivity contribution is -0.185. The van der Waals surface area contributed by atoms with Crippen molar-refractivity contribution in [2.75, 3.05) is 0 Å². The quantitative estimate of drug-likeness (QED) is 0.723. The van der Waals surface area contributed by atoms with Gasteiger partial charge in [-0.3, -0.25) is 4.79 Å². The normalized spacial score (nSPS) is 57.9. The van der Waals surface area contributed by atoms with Gasteiger partial charge in [0.15, 0.2) is 0 Å². The van der Waals surface area contributed by atoms with Crippen LogP contribution in [0.25, 0.3) is 0 Å². The first-order valence-electron chi connectivity index (χ1n) is 9.24. The molecule has 4 aliphatic carbocycles. The molecule has 0 heterocycles. The lowest BCUT2D eigenvalue weighted by Crippen LogP contribution is -2.60. The Hall–Kier alpha value is -0.410. The van der Waals surface area contributed by atoms with E-state index in [-0.39, 0.29) is 29.0 Å². The fourth-order valence-electron chi connectivity index (χ4n) is 7.04. The summed E-state index contributed by atoms with van der Waals surface area (Å²) in [6.07, 6.45) is 6.90. The number of carbonyl (C=O) groups is 1. The summed E-state index contributed by atoms with van der Waals surface area (Å²) in [5, 5.41) is 21.7. The second-order valence-electron chi connectivity index (χ2n) is 9.18. The lowest BCUT2D eigenvalue weighted by Gasteiger charge is -2.62. The average Bonchev–Trinajstić information content (AvgIpc) is 2.87. The second-order valence-corrected chi connectivity index (χ2v) is 9.18. The van der Waals surface area contributed by atoms with E-state index in [4.69, 9.17) is 0 Å². The van der Waals surface area contributed by atoms with E-state index in [0.29, 0.717) is 36.4 Å². The number of aliphatic hydroxyl groups is 2. The number of hydrogen-bond acceptors (Lipinski definition) is 3. The lowest BCUT2D eigenvalue weighted by atomic mass is 9.44. The minimum absolute atomic E-state index is 0.0428. The van der Waals surface area contributed by atoms with Crippen LogP contribution in [-0.4, -0.2) is 28.2 Å². The molecule has 0 amide bonds. The van der Waals surface area contributed by atoms with Gasteiger partial charge in [-0.1, -0.05) is 20.3 Å². The van der Waals surface area contributed by atoms with Crippen LogP contribution in [0.1, 0.15) is 65.2 Å². The third-order valence-electron chi connectivity index (χ3n) is 8.41. The van der Waals surface area contributed by atoms with Gasteiger partial charge >= 0.3 is 0 Å². The highest BCUT2D eigenvalue weighted by Gasteiger charge is 2.62. The molecule has 0 aromatic rings. The van der Waals surface area contributed by atoms with Gasteiger partial charge in [0.25, 0.3) is 0 Å². The summed E-state index contributed by atoms with van der Waals surface area (Å²) in [5.41, 5.74) is 0.107. The molecule has 4 saturated carbocycles. The number of Topliss-reactive ketones (excluding diaryl/α,β-unsaturated/α-hetero) is 1. The van der Waals surface area contributed by atoms with Crippen LogP contribution in [0, 0.1) is 34.5 Å². The molecule has 0 bridgehead atoms. The van der Waals surface area contributed by atoms with Crippen LogP contribution in [0.2, 0.25) is 0 Å². The SMILES string of the molecule is CC12CCCC1C1CC(O)C3CC(=O)CCC3(C)C1CC2O. The van der Waals surface area contributed by atoms with Crippen molar-refractivity contribution in [3.05, 3.63) is 0 Å². The topological polar surface area (TPSA) is 57.5 Å². The molecule has 0 saturated heterocycles. The van der Waals surface area contributed by atoms with E-state index in [1.807, 2.05) is 0 Å². The van der Waals surface area contributed by atoms with Crippen LogP contribution >= 0.6 is 0 Å². The summed E-state index contributed by atoms with van der Waals surface area (Å²) in [6, 6.07) is 0. The Kier molecular flexibility index (Phi) is 3.30. The molecule has 2 N–H and O–H groups in total. The van der Waals surface area contributed by atoms with Crippen LogP contribution in [0.3, 0.4) is 0 Å². The van der Waals surface area contributed by atoms with Gasteiger partial charge in [-0.15, -0.1) is 0 Å². The first kappa shape index (κ1) is 15.1. The molecule has 0 aromatic heterocycles. The van der Waals surface area contributed by atoms with Crippen molar-refractivity contribution in [3.8, 4) is 0 Å². The van der Waals surface area contributed by atoms with E-state index in [1.165, 1.54) is 12.8 Å². The first-order valence-corrected chi connectivity index (χ1v) is 9.24. The van der Waals surface area contributed by atoms with Crippen LogP contribution in [-0.2, 0) is 4.79 Å². The summed E-state index contributed by atoms with van der Waals surface area (Å²) >= 11 is 0. The van der Waals surface area contributed by atoms with Crippen LogP contribution in [0.5, 0.6) is 0 Å². The molecule has 3 heteroatoms. The van der Waals surface area contributed by atoms with Crippen LogP contribution in [0.4, 0.5) is 0 Å². The number of ketones is 1. The molecule has 3 nitrogen and oxygen atoms in total. The maximum Gasteiger partial charge on any atom is 0.133 e. The van der Waals surface area contributed by atoms with Crippen molar-refractivity contribution >= 4 is 5.78 Å². The van der Waals surface area contributed by atoms with Gasteiger partial charge in [0, 0.05) is 12.8 Å². The Balaban J connectivity index is 1.71. The fourth-order valence-corrected chi connectivity index (χ4v) is 7.04. The standard InChI is InChI=1S/C19H30O3/c1-18-7-5-11(20)8-15(18)16(21)9-12-13-4-3-6-19(13,2)17(22)10-14(12)18/h12-17,21-22H,3-10H2,1-2H3. The molecular formula is C19H30O3. The molecule has 0 aromatic carbocycles. The third kappa shape index (κ3) is 1.84. The predicted octanol–water partition coefficient (Wildman–Crippen LogP) is 2.93. The van der Waals surface area contributed by atoms with E-state index in [2.05, 4.69) is 13.8 Å². The van der Waals surface area contributed by atoms with E-state index in [9.17, 15) is 15.0 Å². The van der Waals surface area contributed by atoms with Gasteiger partial charge < -0.3 is 10.2 Å². The number of hydrogen-bond donors (Lipinski definition) is 2. The molecule has 0 spiro atoms. The predicted molar refractivity (Wildman–Crippen MR) is 84.1 cm³/mol. The first-order chi connectivity index (χ1) is 10.4. The Morgan fingerprint density at radius 1 is 1.00 bits per heavy atom. The molecule has 8 atom stereocenters. The number of aliphatic hydroxyl groups excluding tert-OH is 2. The molecular weight excluding hydrogens is 276 g/mol. The van der Waals surface area contributed by atoms with Crippen LogP contribution < -0.4 is 0 Å². The Morgan fingerprint density at radius 3 is 2.55 bits per heavy atom. The molecule has 22 heavy (non-hydrogen) atoms. The minimum atomic E-state index is -0.324. The van der Waals surface area contributed by atoms with Crippen molar-refractivity contribution in [2.24, 2.45) is 34.5 Å². The minimum Gasteiger partial charge on any atom is -0.393 e. The van der Waals surface area contributed by atoms with E-state index < -0.39 is 0 Å². The van der Waals surface area contributed by atoms with Crippen molar-refractivity contribution < 1.29 is 15.0 Å². The average molecular weight is 306 g/mol. The van der Waals surface area contributed by atoms with E-state index in [0.717, 1.165) is 25.7 Å². The highest BCUT2D eigenvalue weighted by atomic mass is 16.3. The van der Waals surface area contributed by atoms with Gasteiger partial charge in [0.05, 0.1) is 12.2 Å². The Bertz CT molecular complexity index is 489. The van der Waals surface area contributed by atoms with Gasteiger partial charge in [-0.2, -0.15) is 0 Å². The summed E-state index contributed by atoms with van der Waals surface area (Å²) in [4.78, 5) is 11.9. The molecule has 0 aliphatic heterocycles. The Morgan fingerprint density at radius 2 is 1.77 bits per heavy atom. The maximum absolute atomic E-state index is 11.9. The highest BCUT2D eigenvalue weighted by molar-refractivity contribution is 5.79. The molecule has 4 fully saturated rings. The van der Waals surface area contributed by atoms with Crippen molar-refractivity contribution in [1.29, 1.82) is 0 Å². The zero-order valence-corrected chi connectivity index (χ0v) is 13.9. The van der Waals surface area contributed by atoms with E-state index >= 15 is 0 Å². The highest BCUT2D eigenvalue weighted by Crippen LogP contribution is 2.65. The molecule has 4 rings (SSSR count). The summed E-state index contributed by atoms with van der Waals surface area (Å²) < 4.78 is 0.